The molecule has 78 valence electrons. The van der Waals surface area contributed by atoms with E-state index in [1.54, 1.807) is 12.1 Å². The zero-order valence-electron chi connectivity index (χ0n) is 8.28. The van der Waals surface area contributed by atoms with Crippen molar-refractivity contribution < 1.29 is 9.50 Å². The molecule has 0 aliphatic rings. The third kappa shape index (κ3) is 2.79. The Morgan fingerprint density at radius 3 is 2.36 bits per heavy atom. The molecule has 1 rings (SSSR count). The van der Waals surface area contributed by atoms with Gasteiger partial charge in [-0.25, -0.2) is 4.39 Å². The summed E-state index contributed by atoms with van der Waals surface area (Å²) in [5, 5.41) is 8.87. The van der Waals surface area contributed by atoms with E-state index in [2.05, 4.69) is 0 Å². The van der Waals surface area contributed by atoms with Crippen molar-refractivity contribution >= 4 is 0 Å². The number of halogens is 1. The van der Waals surface area contributed by atoms with Crippen molar-refractivity contribution in [1.29, 1.82) is 0 Å². The van der Waals surface area contributed by atoms with Crippen LogP contribution in [-0.2, 0) is 0 Å². The fourth-order valence-corrected chi connectivity index (χ4v) is 1.58. The molecule has 3 heteroatoms. The topological polar surface area (TPSA) is 46.2 Å². The first-order valence-electron chi connectivity index (χ1n) is 4.77. The quantitative estimate of drug-likeness (QED) is 0.770. The van der Waals surface area contributed by atoms with Crippen LogP contribution in [0.4, 0.5) is 4.39 Å². The summed E-state index contributed by atoms with van der Waals surface area (Å²) in [5.74, 6) is -0.151. The first-order chi connectivity index (χ1) is 6.65. The SMILES string of the molecule is CC(N)C(CCO)c1ccc(F)cc1. The van der Waals surface area contributed by atoms with Crippen molar-refractivity contribution in [2.45, 2.75) is 25.3 Å². The second-order valence-electron chi connectivity index (χ2n) is 3.53. The molecule has 0 bridgehead atoms. The first-order valence-corrected chi connectivity index (χ1v) is 4.77. The van der Waals surface area contributed by atoms with Gasteiger partial charge in [-0.1, -0.05) is 12.1 Å². The molecule has 2 nitrogen and oxygen atoms in total. The number of benzene rings is 1. The van der Waals surface area contributed by atoms with Crippen molar-refractivity contribution in [3.05, 3.63) is 35.6 Å². The van der Waals surface area contributed by atoms with Crippen LogP contribution in [0.15, 0.2) is 24.3 Å². The van der Waals surface area contributed by atoms with E-state index in [1.165, 1.54) is 12.1 Å². The highest BCUT2D eigenvalue weighted by Crippen LogP contribution is 2.22. The van der Waals surface area contributed by atoms with Gasteiger partial charge in [-0.15, -0.1) is 0 Å². The molecule has 0 saturated heterocycles. The van der Waals surface area contributed by atoms with Crippen molar-refractivity contribution in [2.75, 3.05) is 6.61 Å². The molecule has 0 saturated carbocycles. The molecule has 0 spiro atoms. The lowest BCUT2D eigenvalue weighted by Gasteiger charge is -2.20. The van der Waals surface area contributed by atoms with Gasteiger partial charge in [-0.3, -0.25) is 0 Å². The Morgan fingerprint density at radius 2 is 1.93 bits per heavy atom. The van der Waals surface area contributed by atoms with Crippen LogP contribution in [0.2, 0.25) is 0 Å². The van der Waals surface area contributed by atoms with E-state index in [1.807, 2.05) is 6.92 Å². The van der Waals surface area contributed by atoms with Crippen molar-refractivity contribution in [3.63, 3.8) is 0 Å². The molecule has 0 radical (unpaired) electrons. The molecule has 3 N–H and O–H groups in total. The third-order valence-electron chi connectivity index (χ3n) is 2.37. The summed E-state index contributed by atoms with van der Waals surface area (Å²) in [7, 11) is 0. The maximum atomic E-state index is 12.7. The fraction of sp³-hybridized carbons (Fsp3) is 0.455. The summed E-state index contributed by atoms with van der Waals surface area (Å²) < 4.78 is 12.7. The molecule has 0 aromatic heterocycles. The largest absolute Gasteiger partial charge is 0.396 e. The summed E-state index contributed by atoms with van der Waals surface area (Å²) in [6.45, 7) is 1.99. The lowest BCUT2D eigenvalue weighted by Crippen LogP contribution is -2.25. The van der Waals surface area contributed by atoms with Crippen LogP contribution in [0.3, 0.4) is 0 Å². The van der Waals surface area contributed by atoms with Gasteiger partial charge >= 0.3 is 0 Å². The lowest BCUT2D eigenvalue weighted by atomic mass is 9.90. The van der Waals surface area contributed by atoms with E-state index in [9.17, 15) is 4.39 Å². The van der Waals surface area contributed by atoms with Crippen LogP contribution < -0.4 is 5.73 Å². The predicted molar refractivity (Wildman–Crippen MR) is 54.5 cm³/mol. The maximum absolute atomic E-state index is 12.7. The Labute approximate surface area is 83.6 Å². The van der Waals surface area contributed by atoms with E-state index in [0.29, 0.717) is 6.42 Å². The molecule has 0 aliphatic heterocycles. The summed E-state index contributed by atoms with van der Waals surface area (Å²) in [6, 6.07) is 6.25. The van der Waals surface area contributed by atoms with Crippen LogP contribution in [0.1, 0.15) is 24.8 Å². The normalized spacial score (nSPS) is 15.1. The maximum Gasteiger partial charge on any atom is 0.123 e. The van der Waals surface area contributed by atoms with Crippen molar-refractivity contribution in [3.8, 4) is 0 Å². The predicted octanol–water partition coefficient (Wildman–Crippen LogP) is 1.64. The van der Waals surface area contributed by atoms with Gasteiger partial charge < -0.3 is 10.8 Å². The second kappa shape index (κ2) is 5.08. The Balaban J connectivity index is 2.82. The average molecular weight is 197 g/mol. The van der Waals surface area contributed by atoms with Gasteiger partial charge in [0.2, 0.25) is 0 Å². The molecule has 1 aromatic carbocycles. The number of nitrogens with two attached hydrogens (primary N) is 1. The van der Waals surface area contributed by atoms with Gasteiger partial charge in [0.15, 0.2) is 0 Å². The van der Waals surface area contributed by atoms with E-state index in [4.69, 9.17) is 10.8 Å². The smallest absolute Gasteiger partial charge is 0.123 e. The summed E-state index contributed by atoms with van der Waals surface area (Å²) in [5.41, 5.74) is 6.77. The summed E-state index contributed by atoms with van der Waals surface area (Å²) in [4.78, 5) is 0. The van der Waals surface area contributed by atoms with Crippen LogP contribution in [0, 0.1) is 5.82 Å². The van der Waals surface area contributed by atoms with Crippen LogP contribution in [0.25, 0.3) is 0 Å². The highest BCUT2D eigenvalue weighted by Gasteiger charge is 2.15. The second-order valence-corrected chi connectivity index (χ2v) is 3.53. The lowest BCUT2D eigenvalue weighted by molar-refractivity contribution is 0.269. The van der Waals surface area contributed by atoms with Crippen LogP contribution in [-0.4, -0.2) is 17.8 Å². The Morgan fingerprint density at radius 1 is 1.36 bits per heavy atom. The van der Waals surface area contributed by atoms with Crippen LogP contribution in [0.5, 0.6) is 0 Å². The van der Waals surface area contributed by atoms with Crippen molar-refractivity contribution in [1.82, 2.24) is 0 Å². The number of hydrogen-bond acceptors (Lipinski definition) is 2. The van der Waals surface area contributed by atoms with E-state index in [0.717, 1.165) is 5.56 Å². The highest BCUT2D eigenvalue weighted by molar-refractivity contribution is 5.21. The zero-order valence-corrected chi connectivity index (χ0v) is 8.28. The molecular formula is C11H16FNO. The number of aliphatic hydroxyl groups excluding tert-OH is 1. The summed E-state index contributed by atoms with van der Waals surface area (Å²) >= 11 is 0. The van der Waals surface area contributed by atoms with Gasteiger partial charge in [-0.05, 0) is 31.0 Å². The Kier molecular flexibility index (Phi) is 4.04. The van der Waals surface area contributed by atoms with Crippen LogP contribution >= 0.6 is 0 Å². The first kappa shape index (κ1) is 11.1. The molecule has 14 heavy (non-hydrogen) atoms. The minimum Gasteiger partial charge on any atom is -0.396 e. The molecule has 2 atom stereocenters. The Hall–Kier alpha value is -0.930. The molecule has 0 heterocycles. The minimum atomic E-state index is -0.249. The molecule has 0 amide bonds. The zero-order chi connectivity index (χ0) is 10.6. The minimum absolute atomic E-state index is 0.0346. The molecule has 2 unspecified atom stereocenters. The van der Waals surface area contributed by atoms with E-state index < -0.39 is 0 Å². The van der Waals surface area contributed by atoms with Gasteiger partial charge in [-0.2, -0.15) is 0 Å². The highest BCUT2D eigenvalue weighted by atomic mass is 19.1. The third-order valence-corrected chi connectivity index (χ3v) is 2.37. The summed E-state index contributed by atoms with van der Waals surface area (Å²) in [6.07, 6.45) is 0.614. The van der Waals surface area contributed by atoms with Gasteiger partial charge in [0, 0.05) is 18.6 Å². The standard InChI is InChI=1S/C11H16FNO/c1-8(13)11(6-7-14)9-2-4-10(12)5-3-9/h2-5,8,11,14H,6-7,13H2,1H3. The molecular weight excluding hydrogens is 181 g/mol. The monoisotopic (exact) mass is 197 g/mol. The molecule has 1 aromatic rings. The van der Waals surface area contributed by atoms with Crippen molar-refractivity contribution in [2.24, 2.45) is 5.73 Å². The van der Waals surface area contributed by atoms with Gasteiger partial charge in [0.25, 0.3) is 0 Å². The van der Waals surface area contributed by atoms with Gasteiger partial charge in [0.1, 0.15) is 5.82 Å². The molecule has 0 fully saturated rings. The number of hydrogen-bond donors (Lipinski definition) is 2. The van der Waals surface area contributed by atoms with E-state index in [-0.39, 0.29) is 24.4 Å². The fourth-order valence-electron chi connectivity index (χ4n) is 1.58. The van der Waals surface area contributed by atoms with Gasteiger partial charge in [0.05, 0.1) is 0 Å². The van der Waals surface area contributed by atoms with E-state index >= 15 is 0 Å². The number of rotatable bonds is 4. The molecule has 0 aliphatic carbocycles. The average Bonchev–Trinajstić information content (AvgIpc) is 2.15. The number of aliphatic hydroxyl groups is 1. The Bertz CT molecular complexity index is 271.